The summed E-state index contributed by atoms with van der Waals surface area (Å²) in [4.78, 5) is 18.4. The number of amides is 1. The maximum atomic E-state index is 12.3. The summed E-state index contributed by atoms with van der Waals surface area (Å²) in [6.45, 7) is 7.98. The fourth-order valence-electron chi connectivity index (χ4n) is 2.81. The highest BCUT2D eigenvalue weighted by Crippen LogP contribution is 2.21. The molecule has 2 aromatic rings. The van der Waals surface area contributed by atoms with Crippen LogP contribution in [0.1, 0.15) is 33.6 Å². The fourth-order valence-corrected chi connectivity index (χ4v) is 3.17. The molecule has 0 aromatic carbocycles. The molecule has 1 amide bonds. The van der Waals surface area contributed by atoms with Gasteiger partial charge in [0, 0.05) is 13.1 Å². The van der Waals surface area contributed by atoms with Gasteiger partial charge in [-0.05, 0) is 46.3 Å². The molecule has 0 spiro atoms. The molecule has 2 aromatic heterocycles. The average molecular weight is 410 g/mol. The standard InChI is InChI=1S/C17H24BrN5O2/c1-17(2,3)11-25-16(24)22-8-4-5-12(22)9-19-14-6-7-15-20-10-13(18)23(15)21-14/h6-7,10,12H,4-5,8-9,11H2,1-3H3,(H,19,21)/t12-/m0/s1. The molecule has 1 N–H and O–H groups in total. The molecule has 1 fully saturated rings. The van der Waals surface area contributed by atoms with Gasteiger partial charge in [0.25, 0.3) is 0 Å². The summed E-state index contributed by atoms with van der Waals surface area (Å²) in [6.07, 6.45) is 3.46. The van der Waals surface area contributed by atoms with E-state index in [0.29, 0.717) is 13.2 Å². The van der Waals surface area contributed by atoms with Gasteiger partial charge >= 0.3 is 6.09 Å². The molecule has 136 valence electrons. The van der Waals surface area contributed by atoms with Gasteiger partial charge in [0.2, 0.25) is 0 Å². The normalized spacial score (nSPS) is 17.9. The molecule has 1 aliphatic heterocycles. The first-order valence-electron chi connectivity index (χ1n) is 8.51. The number of imidazole rings is 1. The Balaban J connectivity index is 1.59. The fraction of sp³-hybridized carbons (Fsp3) is 0.588. The summed E-state index contributed by atoms with van der Waals surface area (Å²) in [5, 5.41) is 7.82. The van der Waals surface area contributed by atoms with E-state index < -0.39 is 0 Å². The van der Waals surface area contributed by atoms with Crippen LogP contribution >= 0.6 is 15.9 Å². The van der Waals surface area contributed by atoms with Crippen LogP contribution in [0, 0.1) is 5.41 Å². The number of anilines is 1. The van der Waals surface area contributed by atoms with Crippen LogP contribution in [0.5, 0.6) is 0 Å². The van der Waals surface area contributed by atoms with Crippen LogP contribution in [0.3, 0.4) is 0 Å². The smallest absolute Gasteiger partial charge is 0.410 e. The van der Waals surface area contributed by atoms with E-state index in [2.05, 4.69) is 52.1 Å². The van der Waals surface area contributed by atoms with Crippen LogP contribution < -0.4 is 5.32 Å². The van der Waals surface area contributed by atoms with E-state index in [1.54, 1.807) is 10.7 Å². The number of carbonyl (C=O) groups is 1. The van der Waals surface area contributed by atoms with Crippen LogP contribution in [-0.4, -0.2) is 51.3 Å². The number of nitrogens with zero attached hydrogens (tertiary/aromatic N) is 4. The van der Waals surface area contributed by atoms with Gasteiger partial charge in [-0.1, -0.05) is 20.8 Å². The molecular weight excluding hydrogens is 386 g/mol. The molecule has 3 rings (SSSR count). The zero-order chi connectivity index (χ0) is 18.0. The van der Waals surface area contributed by atoms with Crippen molar-refractivity contribution in [2.24, 2.45) is 5.41 Å². The predicted molar refractivity (Wildman–Crippen MR) is 99.7 cm³/mol. The highest BCUT2D eigenvalue weighted by atomic mass is 79.9. The van der Waals surface area contributed by atoms with Crippen molar-refractivity contribution >= 4 is 33.5 Å². The first-order valence-corrected chi connectivity index (χ1v) is 9.30. The lowest BCUT2D eigenvalue weighted by atomic mass is 9.99. The zero-order valence-electron chi connectivity index (χ0n) is 14.8. The van der Waals surface area contributed by atoms with Crippen LogP contribution in [0.25, 0.3) is 5.65 Å². The van der Waals surface area contributed by atoms with Crippen LogP contribution in [0.4, 0.5) is 10.6 Å². The van der Waals surface area contributed by atoms with Crippen molar-refractivity contribution < 1.29 is 9.53 Å². The minimum atomic E-state index is -0.222. The molecule has 1 saturated heterocycles. The minimum Gasteiger partial charge on any atom is -0.449 e. The first kappa shape index (κ1) is 18.0. The number of carbonyl (C=O) groups excluding carboxylic acids is 1. The molecule has 0 saturated carbocycles. The van der Waals surface area contributed by atoms with Gasteiger partial charge in [-0.15, -0.1) is 5.10 Å². The van der Waals surface area contributed by atoms with E-state index in [9.17, 15) is 4.79 Å². The van der Waals surface area contributed by atoms with E-state index in [1.807, 2.05) is 17.0 Å². The lowest BCUT2D eigenvalue weighted by Gasteiger charge is -2.26. The van der Waals surface area contributed by atoms with E-state index >= 15 is 0 Å². The summed E-state index contributed by atoms with van der Waals surface area (Å²) in [7, 11) is 0. The van der Waals surface area contributed by atoms with E-state index in [4.69, 9.17) is 4.74 Å². The molecule has 0 bridgehead atoms. The third-order valence-corrected chi connectivity index (χ3v) is 4.62. The second-order valence-corrected chi connectivity index (χ2v) is 8.37. The third-order valence-electron chi connectivity index (χ3n) is 4.08. The molecule has 1 atom stereocenters. The molecule has 0 radical (unpaired) electrons. The first-order chi connectivity index (χ1) is 11.8. The number of rotatable bonds is 4. The van der Waals surface area contributed by atoms with Crippen molar-refractivity contribution in [3.63, 3.8) is 0 Å². The predicted octanol–water partition coefficient (Wildman–Crippen LogP) is 3.55. The zero-order valence-corrected chi connectivity index (χ0v) is 16.4. The van der Waals surface area contributed by atoms with Crippen LogP contribution in [-0.2, 0) is 4.74 Å². The topological polar surface area (TPSA) is 71.8 Å². The highest BCUT2D eigenvalue weighted by Gasteiger charge is 2.30. The van der Waals surface area contributed by atoms with Crippen molar-refractivity contribution in [3.05, 3.63) is 22.9 Å². The number of ether oxygens (including phenoxy) is 1. The number of nitrogens with one attached hydrogen (secondary N) is 1. The number of fused-ring (bicyclic) bond motifs is 1. The van der Waals surface area contributed by atoms with Gasteiger partial charge in [0.05, 0.1) is 18.8 Å². The summed E-state index contributed by atoms with van der Waals surface area (Å²) in [5.74, 6) is 0.751. The summed E-state index contributed by atoms with van der Waals surface area (Å²) in [5.41, 5.74) is 0.756. The maximum Gasteiger partial charge on any atom is 0.410 e. The Morgan fingerprint density at radius 1 is 1.44 bits per heavy atom. The van der Waals surface area contributed by atoms with Gasteiger partial charge in [-0.25, -0.2) is 14.3 Å². The average Bonchev–Trinajstić information content (AvgIpc) is 3.17. The molecule has 0 unspecified atom stereocenters. The van der Waals surface area contributed by atoms with E-state index in [0.717, 1.165) is 35.5 Å². The van der Waals surface area contributed by atoms with E-state index in [-0.39, 0.29) is 17.6 Å². The molecule has 0 aliphatic carbocycles. The molecule has 1 aliphatic rings. The molecule has 3 heterocycles. The van der Waals surface area contributed by atoms with Crippen molar-refractivity contribution in [3.8, 4) is 0 Å². The number of hydrogen-bond donors (Lipinski definition) is 1. The Bertz CT molecular complexity index is 755. The lowest BCUT2D eigenvalue weighted by molar-refractivity contribution is 0.0702. The Kier molecular flexibility index (Phi) is 5.17. The Labute approximate surface area is 155 Å². The lowest BCUT2D eigenvalue weighted by Crippen LogP contribution is -2.40. The summed E-state index contributed by atoms with van der Waals surface area (Å²) in [6, 6.07) is 3.92. The second-order valence-electron chi connectivity index (χ2n) is 7.56. The van der Waals surface area contributed by atoms with Gasteiger partial charge in [-0.2, -0.15) is 0 Å². The third kappa shape index (κ3) is 4.42. The van der Waals surface area contributed by atoms with Crippen LogP contribution in [0.15, 0.2) is 22.9 Å². The Morgan fingerprint density at radius 3 is 3.00 bits per heavy atom. The minimum absolute atomic E-state index is 0.0271. The van der Waals surface area contributed by atoms with Gasteiger partial charge < -0.3 is 15.0 Å². The number of halogens is 1. The van der Waals surface area contributed by atoms with Crippen LogP contribution in [0.2, 0.25) is 0 Å². The number of aromatic nitrogens is 3. The second kappa shape index (κ2) is 7.19. The monoisotopic (exact) mass is 409 g/mol. The van der Waals surface area contributed by atoms with Crippen molar-refractivity contribution in [2.75, 3.05) is 25.0 Å². The molecule has 8 heteroatoms. The highest BCUT2D eigenvalue weighted by molar-refractivity contribution is 9.10. The van der Waals surface area contributed by atoms with Crippen molar-refractivity contribution in [1.29, 1.82) is 0 Å². The summed E-state index contributed by atoms with van der Waals surface area (Å²) < 4.78 is 7.99. The quantitative estimate of drug-likeness (QED) is 0.835. The number of hydrogen-bond acceptors (Lipinski definition) is 5. The number of likely N-dealkylation sites (tertiary alicyclic amines) is 1. The Hall–Kier alpha value is -1.83. The SMILES string of the molecule is CC(C)(C)COC(=O)N1CCC[C@H]1CNc1ccc2ncc(Br)n2n1. The van der Waals surface area contributed by atoms with Crippen molar-refractivity contribution in [1.82, 2.24) is 19.5 Å². The van der Waals surface area contributed by atoms with Crippen molar-refractivity contribution in [2.45, 2.75) is 39.7 Å². The molecule has 25 heavy (non-hydrogen) atoms. The van der Waals surface area contributed by atoms with Gasteiger partial charge in [0.15, 0.2) is 5.65 Å². The Morgan fingerprint density at radius 2 is 2.24 bits per heavy atom. The van der Waals surface area contributed by atoms with Gasteiger partial charge in [-0.3, -0.25) is 0 Å². The molecule has 7 nitrogen and oxygen atoms in total. The molecular formula is C17H24BrN5O2. The van der Waals surface area contributed by atoms with Gasteiger partial charge in [0.1, 0.15) is 10.4 Å². The largest absolute Gasteiger partial charge is 0.449 e. The summed E-state index contributed by atoms with van der Waals surface area (Å²) >= 11 is 3.42. The van der Waals surface area contributed by atoms with E-state index in [1.165, 1.54) is 0 Å². The maximum absolute atomic E-state index is 12.3.